The fraction of sp³-hybridized carbons (Fsp3) is 0.429. The number of aliphatic hydroxyl groups excluding tert-OH is 2. The number of thiocarbonyl (C=S) groups is 1. The molecule has 0 aromatic carbocycles. The van der Waals surface area contributed by atoms with Gasteiger partial charge in [-0.1, -0.05) is 12.2 Å². The maximum atomic E-state index is 11.4. The second-order valence-corrected chi connectivity index (χ2v) is 6.02. The lowest BCUT2D eigenvalue weighted by Gasteiger charge is -2.21. The van der Waals surface area contributed by atoms with Crippen molar-refractivity contribution in [1.82, 2.24) is 14.5 Å². The van der Waals surface area contributed by atoms with Crippen molar-refractivity contribution in [2.45, 2.75) is 31.5 Å². The van der Waals surface area contributed by atoms with E-state index in [4.69, 9.17) is 33.2 Å². The first kappa shape index (κ1) is 17.5. The molecule has 0 unspecified atom stereocenters. The van der Waals surface area contributed by atoms with Crippen molar-refractivity contribution in [2.24, 2.45) is 5.73 Å². The van der Waals surface area contributed by atoms with Gasteiger partial charge in [-0.3, -0.25) is 4.79 Å². The number of nitrogens with two attached hydrogens (primary N) is 2. The first-order valence-corrected chi connectivity index (χ1v) is 7.78. The molecule has 1 fully saturated rings. The van der Waals surface area contributed by atoms with Gasteiger partial charge < -0.3 is 35.7 Å². The molecule has 10 nitrogen and oxygen atoms in total. The molecule has 0 spiro atoms. The zero-order chi connectivity index (χ0) is 18.3. The Kier molecular flexibility index (Phi) is 4.56. The van der Waals surface area contributed by atoms with E-state index in [9.17, 15) is 15.0 Å². The van der Waals surface area contributed by atoms with Crippen LogP contribution in [0.4, 0.5) is 5.82 Å². The summed E-state index contributed by atoms with van der Waals surface area (Å²) in [4.78, 5) is 19.6. The minimum absolute atomic E-state index is 0.0755. The van der Waals surface area contributed by atoms with Crippen LogP contribution in [0, 0.1) is 0 Å². The van der Waals surface area contributed by atoms with E-state index in [-0.39, 0.29) is 10.8 Å². The normalized spacial score (nSPS) is 26.0. The topological polar surface area (TPSA) is 159 Å². The summed E-state index contributed by atoms with van der Waals surface area (Å²) in [5.74, 6) is -0.427. The van der Waals surface area contributed by atoms with E-state index in [1.807, 2.05) is 0 Å². The van der Waals surface area contributed by atoms with Crippen LogP contribution < -0.4 is 11.5 Å². The molecule has 25 heavy (non-hydrogen) atoms. The Bertz CT molecular complexity index is 840. The fourth-order valence-corrected chi connectivity index (χ4v) is 3.06. The molecule has 0 bridgehead atoms. The molecule has 0 saturated carbocycles. The molecular weight excluding hydrogens is 350 g/mol. The zero-order valence-corrected chi connectivity index (χ0v) is 14.0. The van der Waals surface area contributed by atoms with Gasteiger partial charge in [-0.2, -0.15) is 0 Å². The van der Waals surface area contributed by atoms with E-state index in [0.717, 1.165) is 0 Å². The summed E-state index contributed by atoms with van der Waals surface area (Å²) in [6.07, 6.45) is -1.35. The molecule has 6 N–H and O–H groups in total. The minimum atomic E-state index is -1.22. The lowest BCUT2D eigenvalue weighted by Crippen LogP contribution is -2.36. The molecule has 134 valence electrons. The van der Waals surface area contributed by atoms with Crippen LogP contribution in [-0.4, -0.2) is 60.6 Å². The SMILES string of the molecule is CC(=O)O[C@H]1[C@H](O)[C@@H](CO)O[C@H]1n1cc(C(N)=S)c2c(N)ncnc21. The monoisotopic (exact) mass is 367 g/mol. The molecule has 2 aromatic heterocycles. The number of ether oxygens (including phenoxy) is 2. The van der Waals surface area contributed by atoms with Crippen LogP contribution in [0.1, 0.15) is 18.7 Å². The summed E-state index contributed by atoms with van der Waals surface area (Å²) in [6.45, 7) is 0.762. The Labute approximate surface area is 147 Å². The molecule has 4 atom stereocenters. The van der Waals surface area contributed by atoms with Gasteiger partial charge in [0.25, 0.3) is 0 Å². The molecule has 1 aliphatic rings. The highest BCUT2D eigenvalue weighted by molar-refractivity contribution is 7.80. The first-order valence-electron chi connectivity index (χ1n) is 7.37. The largest absolute Gasteiger partial charge is 0.455 e. The van der Waals surface area contributed by atoms with E-state index in [2.05, 4.69) is 9.97 Å². The van der Waals surface area contributed by atoms with E-state index in [0.29, 0.717) is 16.6 Å². The fourth-order valence-electron chi connectivity index (χ4n) is 2.90. The van der Waals surface area contributed by atoms with Gasteiger partial charge in [-0.15, -0.1) is 0 Å². The Morgan fingerprint density at radius 3 is 2.84 bits per heavy atom. The highest BCUT2D eigenvalue weighted by atomic mass is 32.1. The van der Waals surface area contributed by atoms with Gasteiger partial charge >= 0.3 is 5.97 Å². The predicted octanol–water partition coefficient (Wildman–Crippen LogP) is -1.17. The van der Waals surface area contributed by atoms with Crippen LogP contribution in [0.25, 0.3) is 11.0 Å². The average Bonchev–Trinajstić information content (AvgIpc) is 3.07. The zero-order valence-electron chi connectivity index (χ0n) is 13.2. The van der Waals surface area contributed by atoms with Crippen LogP contribution in [0.3, 0.4) is 0 Å². The second kappa shape index (κ2) is 6.52. The van der Waals surface area contributed by atoms with Gasteiger partial charge in [-0.25, -0.2) is 9.97 Å². The predicted molar refractivity (Wildman–Crippen MR) is 90.4 cm³/mol. The third kappa shape index (κ3) is 2.91. The number of aliphatic hydroxyl groups is 2. The molecule has 0 aliphatic carbocycles. The van der Waals surface area contributed by atoms with Gasteiger partial charge in [-0.05, 0) is 0 Å². The molecule has 3 heterocycles. The molecule has 11 heteroatoms. The number of carbonyl (C=O) groups excluding carboxylic acids is 1. The van der Waals surface area contributed by atoms with Gasteiger partial charge in [0.05, 0.1) is 12.0 Å². The van der Waals surface area contributed by atoms with Crippen molar-refractivity contribution in [3.05, 3.63) is 18.1 Å². The van der Waals surface area contributed by atoms with E-state index >= 15 is 0 Å². The number of hydrogen-bond acceptors (Lipinski definition) is 9. The maximum absolute atomic E-state index is 11.4. The highest BCUT2D eigenvalue weighted by Crippen LogP contribution is 2.36. The highest BCUT2D eigenvalue weighted by Gasteiger charge is 2.47. The summed E-state index contributed by atoms with van der Waals surface area (Å²) < 4.78 is 12.4. The number of rotatable bonds is 4. The third-order valence-corrected chi connectivity index (χ3v) is 4.19. The lowest BCUT2D eigenvalue weighted by atomic mass is 10.1. The number of nitrogen functional groups attached to an aromatic ring is 1. The van der Waals surface area contributed by atoms with E-state index < -0.39 is 37.1 Å². The minimum Gasteiger partial charge on any atom is -0.455 e. The van der Waals surface area contributed by atoms with Crippen LogP contribution >= 0.6 is 12.2 Å². The van der Waals surface area contributed by atoms with Crippen molar-refractivity contribution in [2.75, 3.05) is 12.3 Å². The van der Waals surface area contributed by atoms with Crippen molar-refractivity contribution >= 4 is 40.0 Å². The van der Waals surface area contributed by atoms with E-state index in [1.165, 1.54) is 17.8 Å². The smallest absolute Gasteiger partial charge is 0.303 e. The van der Waals surface area contributed by atoms with Crippen LogP contribution in [-0.2, 0) is 14.3 Å². The Morgan fingerprint density at radius 1 is 1.52 bits per heavy atom. The molecule has 0 amide bonds. The number of nitrogens with zero attached hydrogens (tertiary/aromatic N) is 3. The van der Waals surface area contributed by atoms with Crippen molar-refractivity contribution in [1.29, 1.82) is 0 Å². The number of aromatic nitrogens is 3. The molecule has 1 aliphatic heterocycles. The summed E-state index contributed by atoms with van der Waals surface area (Å²) in [5.41, 5.74) is 12.4. The summed E-state index contributed by atoms with van der Waals surface area (Å²) >= 11 is 5.04. The Balaban J connectivity index is 2.15. The standard InChI is InChI=1S/C14H17N5O5S/c1-5(21)23-10-9(22)7(3-20)24-14(10)19-2-6(12(16)25)8-11(15)17-4-18-13(8)19/h2,4,7,9-10,14,20,22H,3H2,1H3,(H2,16,25)(H2,15,17,18)/t7-,9-,10+,14-/m1/s1. The lowest BCUT2D eigenvalue weighted by molar-refractivity contribution is -0.155. The second-order valence-electron chi connectivity index (χ2n) is 5.58. The van der Waals surface area contributed by atoms with E-state index in [1.54, 1.807) is 6.20 Å². The Morgan fingerprint density at radius 2 is 2.24 bits per heavy atom. The molecule has 3 rings (SSSR count). The maximum Gasteiger partial charge on any atom is 0.303 e. The van der Waals surface area contributed by atoms with Crippen LogP contribution in [0.15, 0.2) is 12.5 Å². The molecule has 1 saturated heterocycles. The quantitative estimate of drug-likeness (QED) is 0.383. The summed E-state index contributed by atoms with van der Waals surface area (Å²) in [5, 5.41) is 20.1. The van der Waals surface area contributed by atoms with Gasteiger partial charge in [0.1, 0.15) is 35.0 Å². The average molecular weight is 367 g/mol. The summed E-state index contributed by atoms with van der Waals surface area (Å²) in [6, 6.07) is 0. The number of fused-ring (bicyclic) bond motifs is 1. The van der Waals surface area contributed by atoms with Gasteiger partial charge in [0.2, 0.25) is 0 Å². The van der Waals surface area contributed by atoms with Crippen molar-refractivity contribution in [3.8, 4) is 0 Å². The summed E-state index contributed by atoms with van der Waals surface area (Å²) in [7, 11) is 0. The number of esters is 1. The molecule has 2 aromatic rings. The molecular formula is C14H17N5O5S. The third-order valence-electron chi connectivity index (χ3n) is 3.97. The first-order chi connectivity index (χ1) is 11.8. The van der Waals surface area contributed by atoms with Crippen LogP contribution in [0.2, 0.25) is 0 Å². The van der Waals surface area contributed by atoms with Crippen LogP contribution in [0.5, 0.6) is 0 Å². The molecule has 0 radical (unpaired) electrons. The van der Waals surface area contributed by atoms with Crippen molar-refractivity contribution in [3.63, 3.8) is 0 Å². The Hall–Kier alpha value is -2.34. The number of carbonyl (C=O) groups is 1. The number of hydrogen-bond donors (Lipinski definition) is 4. The van der Waals surface area contributed by atoms with Crippen molar-refractivity contribution < 1.29 is 24.5 Å². The van der Waals surface area contributed by atoms with Gasteiger partial charge in [0, 0.05) is 18.7 Å². The number of anilines is 1. The van der Waals surface area contributed by atoms with Gasteiger partial charge in [0.15, 0.2) is 12.3 Å².